The summed E-state index contributed by atoms with van der Waals surface area (Å²) < 4.78 is 1.30. The lowest BCUT2D eigenvalue weighted by Crippen LogP contribution is -2.36. The van der Waals surface area contributed by atoms with Gasteiger partial charge in [-0.05, 0) is 19.3 Å². The van der Waals surface area contributed by atoms with Crippen LogP contribution in [-0.2, 0) is 7.05 Å². The number of aromatic nitrogens is 2. The molecule has 0 aliphatic carbocycles. The summed E-state index contributed by atoms with van der Waals surface area (Å²) in [6.45, 7) is 1.32. The number of nitrogens with zero attached hydrogens (tertiary/aromatic N) is 4. The molecule has 17 heavy (non-hydrogen) atoms. The summed E-state index contributed by atoms with van der Waals surface area (Å²) in [4.78, 5) is 24.0. The number of carbonyl (C=O) groups is 1. The van der Waals surface area contributed by atoms with Gasteiger partial charge in [0.25, 0.3) is 5.91 Å². The molecule has 0 radical (unpaired) electrons. The highest BCUT2D eigenvalue weighted by atomic mass is 16.6. The third-order valence-electron chi connectivity index (χ3n) is 2.85. The van der Waals surface area contributed by atoms with Crippen molar-refractivity contribution in [2.24, 2.45) is 7.05 Å². The van der Waals surface area contributed by atoms with Crippen molar-refractivity contribution in [3.05, 3.63) is 22.0 Å². The number of hydrogen-bond acceptors (Lipinski definition) is 4. The van der Waals surface area contributed by atoms with Gasteiger partial charge in [0.05, 0.1) is 4.92 Å². The van der Waals surface area contributed by atoms with Gasteiger partial charge in [0.15, 0.2) is 0 Å². The molecule has 0 aromatic carbocycles. The summed E-state index contributed by atoms with van der Waals surface area (Å²) >= 11 is 0. The van der Waals surface area contributed by atoms with E-state index in [1.165, 1.54) is 10.9 Å². The number of hydrogen-bond donors (Lipinski definition) is 0. The normalized spacial score (nSPS) is 15.9. The van der Waals surface area contributed by atoms with E-state index in [4.69, 9.17) is 0 Å². The van der Waals surface area contributed by atoms with E-state index >= 15 is 0 Å². The summed E-state index contributed by atoms with van der Waals surface area (Å²) in [6, 6.07) is 0. The van der Waals surface area contributed by atoms with Gasteiger partial charge in [-0.1, -0.05) is 0 Å². The first-order chi connectivity index (χ1) is 8.09. The molecule has 1 aliphatic rings. The molecular formula is C10H14N4O3. The Morgan fingerprint density at radius 3 is 2.65 bits per heavy atom. The molecule has 0 bridgehead atoms. The van der Waals surface area contributed by atoms with Gasteiger partial charge in [0, 0.05) is 20.1 Å². The van der Waals surface area contributed by atoms with Crippen molar-refractivity contribution >= 4 is 11.6 Å². The van der Waals surface area contributed by atoms with Crippen LogP contribution in [0.3, 0.4) is 0 Å². The van der Waals surface area contributed by atoms with E-state index in [0.29, 0.717) is 13.1 Å². The fraction of sp³-hybridized carbons (Fsp3) is 0.600. The standard InChI is InChI=1S/C10H14N4O3/c1-12-7-8(14(16)17)9(11-12)10(15)13-5-3-2-4-6-13/h7H,2-6H2,1H3. The van der Waals surface area contributed by atoms with Gasteiger partial charge >= 0.3 is 5.69 Å². The van der Waals surface area contributed by atoms with Crippen molar-refractivity contribution in [3.8, 4) is 0 Å². The van der Waals surface area contributed by atoms with Crippen LogP contribution in [-0.4, -0.2) is 38.6 Å². The van der Waals surface area contributed by atoms with E-state index in [2.05, 4.69) is 5.10 Å². The molecule has 1 aromatic rings. The first-order valence-electron chi connectivity index (χ1n) is 5.57. The maximum atomic E-state index is 12.1. The molecule has 1 amide bonds. The lowest BCUT2D eigenvalue weighted by atomic mass is 10.1. The quantitative estimate of drug-likeness (QED) is 0.567. The summed E-state index contributed by atoms with van der Waals surface area (Å²) in [5, 5.41) is 14.7. The monoisotopic (exact) mass is 238 g/mol. The van der Waals surface area contributed by atoms with Gasteiger partial charge in [0.1, 0.15) is 6.20 Å². The predicted octanol–water partition coefficient (Wildman–Crippen LogP) is 0.954. The Morgan fingerprint density at radius 2 is 2.06 bits per heavy atom. The molecule has 2 rings (SSSR count). The van der Waals surface area contributed by atoms with Gasteiger partial charge in [-0.3, -0.25) is 19.6 Å². The molecule has 1 aliphatic heterocycles. The largest absolute Gasteiger partial charge is 0.337 e. The highest BCUT2D eigenvalue weighted by Crippen LogP contribution is 2.20. The zero-order valence-corrected chi connectivity index (χ0v) is 9.63. The molecule has 1 fully saturated rings. The number of amides is 1. The van der Waals surface area contributed by atoms with Gasteiger partial charge in [-0.15, -0.1) is 0 Å². The minimum Gasteiger partial charge on any atom is -0.337 e. The minimum atomic E-state index is -0.565. The number of likely N-dealkylation sites (tertiary alicyclic amines) is 1. The van der Waals surface area contributed by atoms with Crippen LogP contribution in [0.15, 0.2) is 6.20 Å². The molecule has 1 aromatic heterocycles. The van der Waals surface area contributed by atoms with Crippen molar-refractivity contribution in [2.45, 2.75) is 19.3 Å². The zero-order chi connectivity index (χ0) is 12.4. The number of aryl methyl sites for hydroxylation is 1. The number of nitro groups is 1. The minimum absolute atomic E-state index is 0.0561. The molecule has 0 spiro atoms. The molecular weight excluding hydrogens is 224 g/mol. The number of carbonyl (C=O) groups excluding carboxylic acids is 1. The van der Waals surface area contributed by atoms with Crippen molar-refractivity contribution in [2.75, 3.05) is 13.1 Å². The van der Waals surface area contributed by atoms with E-state index in [1.54, 1.807) is 11.9 Å². The molecule has 0 unspecified atom stereocenters. The molecule has 0 atom stereocenters. The number of rotatable bonds is 2. The summed E-state index contributed by atoms with van der Waals surface area (Å²) in [7, 11) is 1.57. The molecule has 2 heterocycles. The summed E-state index contributed by atoms with van der Waals surface area (Å²) in [5.41, 5.74) is -0.275. The Bertz CT molecular complexity index is 448. The van der Waals surface area contributed by atoms with E-state index in [-0.39, 0.29) is 17.3 Å². The van der Waals surface area contributed by atoms with E-state index in [0.717, 1.165) is 19.3 Å². The van der Waals surface area contributed by atoms with Crippen molar-refractivity contribution in [3.63, 3.8) is 0 Å². The Labute approximate surface area is 98.2 Å². The average molecular weight is 238 g/mol. The first kappa shape index (κ1) is 11.6. The zero-order valence-electron chi connectivity index (χ0n) is 9.63. The van der Waals surface area contributed by atoms with Crippen molar-refractivity contribution < 1.29 is 9.72 Å². The maximum absolute atomic E-state index is 12.1. The second-order valence-electron chi connectivity index (χ2n) is 4.15. The fourth-order valence-electron chi connectivity index (χ4n) is 2.01. The highest BCUT2D eigenvalue weighted by molar-refractivity contribution is 5.96. The van der Waals surface area contributed by atoms with Crippen LogP contribution < -0.4 is 0 Å². The maximum Gasteiger partial charge on any atom is 0.320 e. The third-order valence-corrected chi connectivity index (χ3v) is 2.85. The van der Waals surface area contributed by atoms with E-state index in [1.807, 2.05) is 0 Å². The fourth-order valence-corrected chi connectivity index (χ4v) is 2.01. The third kappa shape index (κ3) is 2.27. The summed E-state index contributed by atoms with van der Waals surface area (Å²) in [5.74, 6) is -0.336. The van der Waals surface area contributed by atoms with Crippen LogP contribution in [0.25, 0.3) is 0 Å². The lowest BCUT2D eigenvalue weighted by Gasteiger charge is -2.25. The van der Waals surface area contributed by atoms with Crippen LogP contribution in [0.1, 0.15) is 29.8 Å². The highest BCUT2D eigenvalue weighted by Gasteiger charge is 2.29. The topological polar surface area (TPSA) is 81.3 Å². The van der Waals surface area contributed by atoms with Gasteiger partial charge in [-0.2, -0.15) is 5.10 Å². The molecule has 0 N–H and O–H groups in total. The Hall–Kier alpha value is -1.92. The second kappa shape index (κ2) is 4.52. The molecule has 7 nitrogen and oxygen atoms in total. The Kier molecular flexibility index (Phi) is 3.08. The van der Waals surface area contributed by atoms with Crippen molar-refractivity contribution in [1.82, 2.24) is 14.7 Å². The Morgan fingerprint density at radius 1 is 1.41 bits per heavy atom. The number of piperidine rings is 1. The smallest absolute Gasteiger partial charge is 0.320 e. The van der Waals surface area contributed by atoms with Gasteiger partial charge < -0.3 is 4.90 Å². The molecule has 92 valence electrons. The van der Waals surface area contributed by atoms with Crippen LogP contribution in [0, 0.1) is 10.1 Å². The van der Waals surface area contributed by atoms with Crippen LogP contribution >= 0.6 is 0 Å². The molecule has 0 saturated carbocycles. The van der Waals surface area contributed by atoms with Gasteiger partial charge in [0.2, 0.25) is 5.69 Å². The van der Waals surface area contributed by atoms with Gasteiger partial charge in [-0.25, -0.2) is 0 Å². The van der Waals surface area contributed by atoms with Crippen molar-refractivity contribution in [1.29, 1.82) is 0 Å². The van der Waals surface area contributed by atoms with Crippen LogP contribution in [0.4, 0.5) is 5.69 Å². The predicted molar refractivity (Wildman–Crippen MR) is 59.6 cm³/mol. The second-order valence-corrected chi connectivity index (χ2v) is 4.15. The average Bonchev–Trinajstić information content (AvgIpc) is 2.72. The molecule has 1 saturated heterocycles. The van der Waals surface area contributed by atoms with Crippen LogP contribution in [0.5, 0.6) is 0 Å². The SMILES string of the molecule is Cn1cc([N+](=O)[O-])c(C(=O)N2CCCCC2)n1. The first-order valence-corrected chi connectivity index (χ1v) is 5.57. The lowest BCUT2D eigenvalue weighted by molar-refractivity contribution is -0.385. The Balaban J connectivity index is 2.26. The molecule has 7 heteroatoms. The van der Waals surface area contributed by atoms with Crippen LogP contribution in [0.2, 0.25) is 0 Å². The van der Waals surface area contributed by atoms with E-state index in [9.17, 15) is 14.9 Å². The van der Waals surface area contributed by atoms with E-state index < -0.39 is 4.92 Å². The summed E-state index contributed by atoms with van der Waals surface area (Å²) in [6.07, 6.45) is 4.27.